The monoisotopic (exact) mass is 287 g/mol. The molecule has 0 amide bonds. The van der Waals surface area contributed by atoms with Crippen molar-refractivity contribution < 1.29 is 27.9 Å². The van der Waals surface area contributed by atoms with Crippen LogP contribution in [0.15, 0.2) is 30.3 Å². The van der Waals surface area contributed by atoms with E-state index < -0.39 is 33.8 Å². The van der Waals surface area contributed by atoms with Crippen LogP contribution in [0.5, 0.6) is 0 Å². The zero-order valence-corrected chi connectivity index (χ0v) is 10.9. The lowest BCUT2D eigenvalue weighted by atomic mass is 10.1. The molecule has 0 aliphatic heterocycles. The van der Waals surface area contributed by atoms with Crippen molar-refractivity contribution in [1.29, 1.82) is 0 Å². The molecule has 0 fully saturated rings. The van der Waals surface area contributed by atoms with Crippen LogP contribution in [0.3, 0.4) is 0 Å². The van der Waals surface area contributed by atoms with Crippen LogP contribution < -0.4 is 4.72 Å². The molecule has 0 radical (unpaired) electrons. The minimum absolute atomic E-state index is 0.267. The predicted octanol–water partition coefficient (Wildman–Crippen LogP) is -0.0953. The van der Waals surface area contributed by atoms with Crippen LogP contribution in [0.1, 0.15) is 11.6 Å². The van der Waals surface area contributed by atoms with E-state index in [1.165, 1.54) is 12.1 Å². The highest BCUT2D eigenvalue weighted by Gasteiger charge is 2.27. The first-order chi connectivity index (χ1) is 8.85. The molecule has 19 heavy (non-hydrogen) atoms. The Labute approximate surface area is 110 Å². The van der Waals surface area contributed by atoms with E-state index in [4.69, 9.17) is 5.11 Å². The number of carbonyl (C=O) groups is 2. The summed E-state index contributed by atoms with van der Waals surface area (Å²) < 4.78 is 29.4. The maximum absolute atomic E-state index is 11.6. The van der Waals surface area contributed by atoms with Gasteiger partial charge in [-0.05, 0) is 5.56 Å². The van der Waals surface area contributed by atoms with E-state index in [0.717, 1.165) is 7.11 Å². The summed E-state index contributed by atoms with van der Waals surface area (Å²) in [6.07, 6.45) is 0. The second-order valence-electron chi connectivity index (χ2n) is 3.64. The fourth-order valence-electron chi connectivity index (χ4n) is 1.34. The Morgan fingerprint density at radius 1 is 1.32 bits per heavy atom. The van der Waals surface area contributed by atoms with Gasteiger partial charge in [-0.2, -0.15) is 4.72 Å². The quantitative estimate of drug-likeness (QED) is 0.707. The van der Waals surface area contributed by atoms with Gasteiger partial charge >= 0.3 is 11.9 Å². The van der Waals surface area contributed by atoms with Gasteiger partial charge in [0, 0.05) is 0 Å². The molecule has 0 heterocycles. The molecular formula is C11H13NO6S. The lowest BCUT2D eigenvalue weighted by Gasteiger charge is -2.14. The van der Waals surface area contributed by atoms with Crippen LogP contribution in [0.2, 0.25) is 0 Å². The highest BCUT2D eigenvalue weighted by molar-refractivity contribution is 7.90. The number of rotatable bonds is 6. The minimum atomic E-state index is -4.09. The zero-order chi connectivity index (χ0) is 14.5. The summed E-state index contributed by atoms with van der Waals surface area (Å²) in [5.74, 6) is -3.26. The highest BCUT2D eigenvalue weighted by Crippen LogP contribution is 2.14. The first kappa shape index (κ1) is 15.1. The van der Waals surface area contributed by atoms with E-state index in [2.05, 4.69) is 4.74 Å². The number of carboxylic acids is 1. The standard InChI is InChI=1S/C11H13NO6S/c1-18-9(13)7-19(16,17)12-10(11(14)15)8-5-3-2-4-6-8/h2-6,10,12H,7H2,1H3,(H,14,15). The number of nitrogens with one attached hydrogen (secondary N) is 1. The molecule has 1 unspecified atom stereocenters. The van der Waals surface area contributed by atoms with Crippen molar-refractivity contribution in [2.24, 2.45) is 0 Å². The zero-order valence-electron chi connectivity index (χ0n) is 10.1. The van der Waals surface area contributed by atoms with Gasteiger partial charge in [0.1, 0.15) is 6.04 Å². The van der Waals surface area contributed by atoms with Crippen molar-refractivity contribution in [3.05, 3.63) is 35.9 Å². The summed E-state index contributed by atoms with van der Waals surface area (Å²) in [4.78, 5) is 22.0. The van der Waals surface area contributed by atoms with E-state index in [9.17, 15) is 18.0 Å². The molecule has 1 atom stereocenters. The van der Waals surface area contributed by atoms with Gasteiger partial charge in [0.25, 0.3) is 0 Å². The lowest BCUT2D eigenvalue weighted by Crippen LogP contribution is -2.37. The van der Waals surface area contributed by atoms with Gasteiger partial charge in [-0.25, -0.2) is 8.42 Å². The highest BCUT2D eigenvalue weighted by atomic mass is 32.2. The van der Waals surface area contributed by atoms with Crippen LogP contribution in [-0.2, 0) is 24.3 Å². The maximum atomic E-state index is 11.6. The van der Waals surface area contributed by atoms with Crippen molar-refractivity contribution in [3.8, 4) is 0 Å². The summed E-state index contributed by atoms with van der Waals surface area (Å²) in [5.41, 5.74) is 0.267. The van der Waals surface area contributed by atoms with Gasteiger partial charge in [-0.3, -0.25) is 9.59 Å². The molecule has 1 rings (SSSR count). The number of benzene rings is 1. The number of sulfonamides is 1. The second-order valence-corrected chi connectivity index (χ2v) is 5.39. The van der Waals surface area contributed by atoms with Crippen LogP contribution in [0.25, 0.3) is 0 Å². The Kier molecular flexibility index (Phi) is 5.02. The third-order valence-corrected chi connectivity index (χ3v) is 3.42. The van der Waals surface area contributed by atoms with Crippen molar-refractivity contribution >= 4 is 22.0 Å². The van der Waals surface area contributed by atoms with Gasteiger partial charge in [-0.1, -0.05) is 30.3 Å². The van der Waals surface area contributed by atoms with Gasteiger partial charge in [0.05, 0.1) is 7.11 Å². The summed E-state index contributed by atoms with van der Waals surface area (Å²) in [6.45, 7) is 0. The molecular weight excluding hydrogens is 274 g/mol. The first-order valence-corrected chi connectivity index (χ1v) is 6.85. The molecule has 0 saturated carbocycles. The molecule has 0 aliphatic carbocycles. The molecule has 8 heteroatoms. The molecule has 104 valence electrons. The third-order valence-electron chi connectivity index (χ3n) is 2.21. The topological polar surface area (TPSA) is 110 Å². The summed E-state index contributed by atoms with van der Waals surface area (Å²) >= 11 is 0. The largest absolute Gasteiger partial charge is 0.480 e. The Balaban J connectivity index is 2.92. The average Bonchev–Trinajstić information content (AvgIpc) is 2.36. The molecule has 2 N–H and O–H groups in total. The maximum Gasteiger partial charge on any atom is 0.326 e. The van der Waals surface area contributed by atoms with Crippen LogP contribution in [-0.4, -0.2) is 38.3 Å². The first-order valence-electron chi connectivity index (χ1n) is 5.20. The number of aliphatic carboxylic acids is 1. The summed E-state index contributed by atoms with van der Waals surface area (Å²) in [5, 5.41) is 9.04. The number of carboxylic acid groups (broad SMARTS) is 1. The molecule has 0 saturated heterocycles. The van der Waals surface area contributed by atoms with E-state index in [-0.39, 0.29) is 5.56 Å². The van der Waals surface area contributed by atoms with E-state index in [1.54, 1.807) is 18.2 Å². The number of hydrogen-bond donors (Lipinski definition) is 2. The van der Waals surface area contributed by atoms with Crippen LogP contribution in [0.4, 0.5) is 0 Å². The molecule has 0 spiro atoms. The fraction of sp³-hybridized carbons (Fsp3) is 0.273. The normalized spacial score (nSPS) is 12.7. The number of ether oxygens (including phenoxy) is 1. The molecule has 1 aromatic rings. The third kappa shape index (κ3) is 4.68. The molecule has 0 aromatic heterocycles. The number of hydrogen-bond acceptors (Lipinski definition) is 5. The molecule has 1 aromatic carbocycles. The van der Waals surface area contributed by atoms with Crippen molar-refractivity contribution in [1.82, 2.24) is 4.72 Å². The SMILES string of the molecule is COC(=O)CS(=O)(=O)NC(C(=O)O)c1ccccc1. The number of carbonyl (C=O) groups excluding carboxylic acids is 1. The Morgan fingerprint density at radius 3 is 2.37 bits per heavy atom. The molecule has 0 bridgehead atoms. The number of esters is 1. The van der Waals surface area contributed by atoms with Gasteiger partial charge < -0.3 is 9.84 Å². The van der Waals surface area contributed by atoms with Crippen molar-refractivity contribution in [2.45, 2.75) is 6.04 Å². The van der Waals surface area contributed by atoms with Crippen LogP contribution in [0, 0.1) is 0 Å². The Morgan fingerprint density at radius 2 is 1.89 bits per heavy atom. The average molecular weight is 287 g/mol. The summed E-state index contributed by atoms with van der Waals surface area (Å²) in [7, 11) is -3.05. The molecule has 0 aliphatic rings. The Hall–Kier alpha value is -1.93. The van der Waals surface area contributed by atoms with E-state index >= 15 is 0 Å². The van der Waals surface area contributed by atoms with Gasteiger partial charge in [0.2, 0.25) is 10.0 Å². The fourth-order valence-corrected chi connectivity index (χ4v) is 2.45. The van der Waals surface area contributed by atoms with Crippen LogP contribution >= 0.6 is 0 Å². The summed E-state index contributed by atoms with van der Waals surface area (Å²) in [6, 6.07) is 6.33. The smallest absolute Gasteiger partial charge is 0.326 e. The van der Waals surface area contributed by atoms with Gasteiger partial charge in [-0.15, -0.1) is 0 Å². The van der Waals surface area contributed by atoms with Gasteiger partial charge in [0.15, 0.2) is 5.75 Å². The minimum Gasteiger partial charge on any atom is -0.480 e. The van der Waals surface area contributed by atoms with E-state index in [0.29, 0.717) is 0 Å². The lowest BCUT2D eigenvalue weighted by molar-refractivity contribution is -0.140. The van der Waals surface area contributed by atoms with Crippen molar-refractivity contribution in [2.75, 3.05) is 12.9 Å². The second kappa shape index (κ2) is 6.30. The Bertz CT molecular complexity index is 554. The van der Waals surface area contributed by atoms with Crippen molar-refractivity contribution in [3.63, 3.8) is 0 Å². The predicted molar refractivity (Wildman–Crippen MR) is 65.8 cm³/mol. The van der Waals surface area contributed by atoms with E-state index in [1.807, 2.05) is 4.72 Å². The molecule has 7 nitrogen and oxygen atoms in total. The number of methoxy groups -OCH3 is 1.